The number of methoxy groups -OCH3 is 1. The number of amides is 1. The molecular weight excluding hydrogens is 330 g/mol. The molecule has 1 atom stereocenters. The Labute approximate surface area is 153 Å². The maximum Gasteiger partial charge on any atom is 0.307 e. The summed E-state index contributed by atoms with van der Waals surface area (Å²) in [6, 6.07) is 17.2. The summed E-state index contributed by atoms with van der Waals surface area (Å²) < 4.78 is 10.4. The molecule has 136 valence electrons. The standard InChI is InChI=1S/C21H23NO4/c1-3-26-19(23)13-21(17-10-5-4-6-11-17)18-12-8-7-9-16(18)14-22(15-25-2)20(21)24/h4-12H,3,13-15H2,1-2H3. The molecule has 1 aliphatic heterocycles. The van der Waals surface area contributed by atoms with Crippen molar-refractivity contribution in [1.82, 2.24) is 4.90 Å². The third kappa shape index (κ3) is 3.10. The zero-order valence-corrected chi connectivity index (χ0v) is 15.1. The topological polar surface area (TPSA) is 55.8 Å². The number of esters is 1. The molecule has 26 heavy (non-hydrogen) atoms. The molecule has 1 heterocycles. The van der Waals surface area contributed by atoms with E-state index < -0.39 is 11.4 Å². The number of hydrogen-bond acceptors (Lipinski definition) is 4. The third-order valence-electron chi connectivity index (χ3n) is 4.76. The fraction of sp³-hybridized carbons (Fsp3) is 0.333. The van der Waals surface area contributed by atoms with Crippen molar-refractivity contribution in [3.8, 4) is 0 Å². The van der Waals surface area contributed by atoms with E-state index >= 15 is 0 Å². The van der Waals surface area contributed by atoms with Crippen LogP contribution in [0.25, 0.3) is 0 Å². The Morgan fingerprint density at radius 2 is 1.81 bits per heavy atom. The summed E-state index contributed by atoms with van der Waals surface area (Å²) in [7, 11) is 1.56. The summed E-state index contributed by atoms with van der Waals surface area (Å²) >= 11 is 0. The van der Waals surface area contributed by atoms with Crippen molar-refractivity contribution in [3.63, 3.8) is 0 Å². The lowest BCUT2D eigenvalue weighted by Crippen LogP contribution is -2.53. The first-order chi connectivity index (χ1) is 12.6. The lowest BCUT2D eigenvalue weighted by atomic mass is 9.67. The van der Waals surface area contributed by atoms with E-state index in [1.54, 1.807) is 18.9 Å². The van der Waals surface area contributed by atoms with Crippen LogP contribution in [-0.4, -0.2) is 37.2 Å². The summed E-state index contributed by atoms with van der Waals surface area (Å²) in [6.45, 7) is 2.67. The van der Waals surface area contributed by atoms with Crippen LogP contribution in [-0.2, 0) is 31.0 Å². The van der Waals surface area contributed by atoms with E-state index in [-0.39, 0.29) is 25.7 Å². The fourth-order valence-electron chi connectivity index (χ4n) is 3.70. The number of carbonyl (C=O) groups excluding carboxylic acids is 2. The first-order valence-corrected chi connectivity index (χ1v) is 8.71. The molecule has 0 saturated carbocycles. The second-order valence-corrected chi connectivity index (χ2v) is 6.33. The number of ether oxygens (including phenoxy) is 2. The molecule has 0 fully saturated rings. The molecule has 5 nitrogen and oxygen atoms in total. The average molecular weight is 353 g/mol. The zero-order valence-electron chi connectivity index (χ0n) is 15.1. The van der Waals surface area contributed by atoms with Crippen molar-refractivity contribution in [1.29, 1.82) is 0 Å². The predicted octanol–water partition coefficient (Wildman–Crippen LogP) is 2.87. The molecular formula is C21H23NO4. The Hall–Kier alpha value is -2.66. The Morgan fingerprint density at radius 3 is 2.50 bits per heavy atom. The van der Waals surface area contributed by atoms with Gasteiger partial charge in [-0.2, -0.15) is 0 Å². The van der Waals surface area contributed by atoms with E-state index in [0.29, 0.717) is 6.54 Å². The normalized spacial score (nSPS) is 19.2. The van der Waals surface area contributed by atoms with Crippen LogP contribution in [0, 0.1) is 0 Å². The van der Waals surface area contributed by atoms with Crippen molar-refractivity contribution in [2.24, 2.45) is 0 Å². The summed E-state index contributed by atoms with van der Waals surface area (Å²) in [5, 5.41) is 0. The lowest BCUT2D eigenvalue weighted by Gasteiger charge is -2.42. The van der Waals surface area contributed by atoms with E-state index in [4.69, 9.17) is 9.47 Å². The van der Waals surface area contributed by atoms with E-state index in [1.165, 1.54) is 0 Å². The highest BCUT2D eigenvalue weighted by Gasteiger charge is 2.50. The number of nitrogens with zero attached hydrogens (tertiary/aromatic N) is 1. The summed E-state index contributed by atoms with van der Waals surface area (Å²) in [5.74, 6) is -0.531. The molecule has 0 aliphatic carbocycles. The SMILES string of the molecule is CCOC(=O)CC1(c2ccccc2)C(=O)N(COC)Cc2ccccc21. The molecule has 0 radical (unpaired) electrons. The van der Waals surface area contributed by atoms with Crippen molar-refractivity contribution < 1.29 is 19.1 Å². The Kier molecular flexibility index (Phi) is 5.38. The van der Waals surface area contributed by atoms with Crippen molar-refractivity contribution in [3.05, 3.63) is 71.3 Å². The molecule has 0 N–H and O–H groups in total. The molecule has 2 aromatic carbocycles. The smallest absolute Gasteiger partial charge is 0.307 e. The molecule has 3 rings (SSSR count). The Balaban J connectivity index is 2.22. The first-order valence-electron chi connectivity index (χ1n) is 8.71. The van der Waals surface area contributed by atoms with Gasteiger partial charge in [-0.25, -0.2) is 0 Å². The molecule has 0 bridgehead atoms. The number of fused-ring (bicyclic) bond motifs is 1. The molecule has 0 saturated heterocycles. The maximum absolute atomic E-state index is 13.6. The highest BCUT2D eigenvalue weighted by Crippen LogP contribution is 2.43. The molecule has 1 unspecified atom stereocenters. The summed E-state index contributed by atoms with van der Waals surface area (Å²) in [5.41, 5.74) is 1.54. The van der Waals surface area contributed by atoms with Gasteiger partial charge in [-0.1, -0.05) is 54.6 Å². The summed E-state index contributed by atoms with van der Waals surface area (Å²) in [6.07, 6.45) is -0.0408. The summed E-state index contributed by atoms with van der Waals surface area (Å²) in [4.78, 5) is 27.7. The molecule has 0 spiro atoms. The van der Waals surface area contributed by atoms with Gasteiger partial charge in [0.2, 0.25) is 5.91 Å². The van der Waals surface area contributed by atoms with Crippen molar-refractivity contribution >= 4 is 11.9 Å². The van der Waals surface area contributed by atoms with Crippen LogP contribution in [0.4, 0.5) is 0 Å². The van der Waals surface area contributed by atoms with Crippen LogP contribution >= 0.6 is 0 Å². The van der Waals surface area contributed by atoms with E-state index in [9.17, 15) is 9.59 Å². The van der Waals surface area contributed by atoms with Crippen LogP contribution < -0.4 is 0 Å². The van der Waals surface area contributed by atoms with E-state index in [2.05, 4.69) is 0 Å². The van der Waals surface area contributed by atoms with Gasteiger partial charge in [0.15, 0.2) is 0 Å². The second-order valence-electron chi connectivity index (χ2n) is 6.33. The first kappa shape index (κ1) is 18.1. The Morgan fingerprint density at radius 1 is 1.12 bits per heavy atom. The minimum absolute atomic E-state index is 0.0408. The highest BCUT2D eigenvalue weighted by atomic mass is 16.5. The van der Waals surface area contributed by atoms with Gasteiger partial charge in [-0.05, 0) is 23.6 Å². The van der Waals surface area contributed by atoms with E-state index in [1.807, 2.05) is 54.6 Å². The van der Waals surface area contributed by atoms with Crippen LogP contribution in [0.1, 0.15) is 30.0 Å². The van der Waals surface area contributed by atoms with Gasteiger partial charge in [0.1, 0.15) is 12.1 Å². The quantitative estimate of drug-likeness (QED) is 0.750. The van der Waals surface area contributed by atoms with Crippen molar-refractivity contribution in [2.75, 3.05) is 20.4 Å². The minimum Gasteiger partial charge on any atom is -0.466 e. The lowest BCUT2D eigenvalue weighted by molar-refractivity contribution is -0.152. The van der Waals surface area contributed by atoms with Gasteiger partial charge in [0, 0.05) is 13.7 Å². The highest BCUT2D eigenvalue weighted by molar-refractivity contribution is 5.97. The number of rotatable bonds is 6. The number of benzene rings is 2. The number of hydrogen-bond donors (Lipinski definition) is 0. The second kappa shape index (κ2) is 7.70. The van der Waals surface area contributed by atoms with Crippen LogP contribution in [0.5, 0.6) is 0 Å². The van der Waals surface area contributed by atoms with Gasteiger partial charge >= 0.3 is 5.97 Å². The average Bonchev–Trinajstić information content (AvgIpc) is 2.66. The molecule has 0 aromatic heterocycles. The fourth-order valence-corrected chi connectivity index (χ4v) is 3.70. The van der Waals surface area contributed by atoms with Crippen LogP contribution in [0.3, 0.4) is 0 Å². The van der Waals surface area contributed by atoms with Crippen LogP contribution in [0.15, 0.2) is 54.6 Å². The van der Waals surface area contributed by atoms with E-state index in [0.717, 1.165) is 16.7 Å². The van der Waals surface area contributed by atoms with Crippen LogP contribution in [0.2, 0.25) is 0 Å². The molecule has 2 aromatic rings. The Bertz CT molecular complexity index is 790. The predicted molar refractivity (Wildman–Crippen MR) is 97.3 cm³/mol. The van der Waals surface area contributed by atoms with Gasteiger partial charge in [0.25, 0.3) is 0 Å². The molecule has 5 heteroatoms. The third-order valence-corrected chi connectivity index (χ3v) is 4.76. The van der Waals surface area contributed by atoms with Crippen molar-refractivity contribution in [2.45, 2.75) is 25.3 Å². The van der Waals surface area contributed by atoms with Gasteiger partial charge in [-0.3, -0.25) is 9.59 Å². The number of carbonyl (C=O) groups is 2. The zero-order chi connectivity index (χ0) is 18.6. The van der Waals surface area contributed by atoms with Gasteiger partial charge in [-0.15, -0.1) is 0 Å². The van der Waals surface area contributed by atoms with Gasteiger partial charge in [0.05, 0.1) is 13.0 Å². The monoisotopic (exact) mass is 353 g/mol. The largest absolute Gasteiger partial charge is 0.466 e. The minimum atomic E-state index is -1.11. The molecule has 1 aliphatic rings. The van der Waals surface area contributed by atoms with Gasteiger partial charge < -0.3 is 14.4 Å². The molecule has 1 amide bonds. The maximum atomic E-state index is 13.6.